The minimum Gasteiger partial charge on any atom is -0.490 e. The molecule has 1 heterocycles. The van der Waals surface area contributed by atoms with E-state index in [4.69, 9.17) is 4.74 Å². The van der Waals surface area contributed by atoms with Crippen LogP contribution in [0.2, 0.25) is 0 Å². The van der Waals surface area contributed by atoms with E-state index in [9.17, 15) is 9.59 Å². The van der Waals surface area contributed by atoms with Crippen LogP contribution in [-0.4, -0.2) is 18.5 Å². The van der Waals surface area contributed by atoms with Crippen molar-refractivity contribution in [3.05, 3.63) is 42.5 Å². The predicted molar refractivity (Wildman–Crippen MR) is 75.4 cm³/mol. The van der Waals surface area contributed by atoms with Crippen LogP contribution in [-0.2, 0) is 10.3 Å². The topological polar surface area (TPSA) is 67.4 Å². The minimum atomic E-state index is -0.969. The molecule has 0 radical (unpaired) electrons. The number of carbonyl (C=O) groups excluding carboxylic acids is 2. The maximum absolute atomic E-state index is 12.1. The molecule has 2 N–H and O–H groups in total. The second-order valence-electron chi connectivity index (χ2n) is 4.69. The van der Waals surface area contributed by atoms with Gasteiger partial charge in [0.2, 0.25) is 0 Å². The lowest BCUT2D eigenvalue weighted by Crippen LogP contribution is -2.43. The van der Waals surface area contributed by atoms with Crippen LogP contribution in [0.4, 0.5) is 4.79 Å². The molecule has 5 heteroatoms. The van der Waals surface area contributed by atoms with E-state index in [0.29, 0.717) is 18.8 Å². The highest BCUT2D eigenvalue weighted by molar-refractivity contribution is 6.07. The van der Waals surface area contributed by atoms with Gasteiger partial charge in [0.1, 0.15) is 17.9 Å². The van der Waals surface area contributed by atoms with Gasteiger partial charge >= 0.3 is 6.03 Å². The number of benzene rings is 1. The molecule has 1 aromatic rings. The summed E-state index contributed by atoms with van der Waals surface area (Å²) < 4.78 is 5.41. The Morgan fingerprint density at radius 3 is 2.50 bits per heavy atom. The highest BCUT2D eigenvalue weighted by atomic mass is 16.5. The standard InChI is InChI=1S/C15H18N2O3/c1-3-9-15(13(18)16-14(19)17-15)11-5-7-12(8-6-11)20-10-4-2/h4-8H,2-3,9-10H2,1H3,(H2,16,17,18,19). The molecule has 0 aromatic heterocycles. The number of ether oxygens (including phenoxy) is 1. The number of urea groups is 1. The molecule has 1 aromatic carbocycles. The Balaban J connectivity index is 2.28. The van der Waals surface area contributed by atoms with Crippen molar-refractivity contribution in [1.82, 2.24) is 10.6 Å². The third-order valence-corrected chi connectivity index (χ3v) is 3.28. The molecular formula is C15H18N2O3. The summed E-state index contributed by atoms with van der Waals surface area (Å²) in [5.41, 5.74) is -0.211. The van der Waals surface area contributed by atoms with Crippen molar-refractivity contribution < 1.29 is 14.3 Å². The fourth-order valence-corrected chi connectivity index (χ4v) is 2.38. The quantitative estimate of drug-likeness (QED) is 0.616. The second-order valence-corrected chi connectivity index (χ2v) is 4.69. The van der Waals surface area contributed by atoms with Crippen LogP contribution >= 0.6 is 0 Å². The Kier molecular flexibility index (Phi) is 4.08. The highest BCUT2D eigenvalue weighted by Gasteiger charge is 2.46. The molecule has 20 heavy (non-hydrogen) atoms. The normalized spacial score (nSPS) is 21.2. The summed E-state index contributed by atoms with van der Waals surface area (Å²) in [7, 11) is 0. The average Bonchev–Trinajstić information content (AvgIpc) is 2.73. The fraction of sp³-hybridized carbons (Fsp3) is 0.333. The smallest absolute Gasteiger partial charge is 0.322 e. The zero-order chi connectivity index (χ0) is 14.6. The largest absolute Gasteiger partial charge is 0.490 e. The number of amides is 3. The first kappa shape index (κ1) is 14.1. The van der Waals surface area contributed by atoms with Crippen molar-refractivity contribution in [3.63, 3.8) is 0 Å². The Morgan fingerprint density at radius 2 is 2.00 bits per heavy atom. The Bertz CT molecular complexity index is 524. The molecule has 1 atom stereocenters. The molecule has 2 rings (SSSR count). The van der Waals surface area contributed by atoms with Crippen molar-refractivity contribution >= 4 is 11.9 Å². The van der Waals surface area contributed by atoms with Crippen LogP contribution in [0.1, 0.15) is 25.3 Å². The van der Waals surface area contributed by atoms with E-state index < -0.39 is 11.6 Å². The highest BCUT2D eigenvalue weighted by Crippen LogP contribution is 2.31. The monoisotopic (exact) mass is 274 g/mol. The van der Waals surface area contributed by atoms with Crippen molar-refractivity contribution in [2.75, 3.05) is 6.61 Å². The number of hydrogen-bond donors (Lipinski definition) is 2. The van der Waals surface area contributed by atoms with Gasteiger partial charge in [-0.3, -0.25) is 10.1 Å². The lowest BCUT2D eigenvalue weighted by Gasteiger charge is -2.26. The van der Waals surface area contributed by atoms with Crippen LogP contribution < -0.4 is 15.4 Å². The van der Waals surface area contributed by atoms with Crippen molar-refractivity contribution in [1.29, 1.82) is 0 Å². The molecule has 0 aliphatic carbocycles. The molecule has 0 spiro atoms. The molecule has 1 fully saturated rings. The van der Waals surface area contributed by atoms with Crippen LogP contribution in [0.15, 0.2) is 36.9 Å². The summed E-state index contributed by atoms with van der Waals surface area (Å²) in [5.74, 6) is 0.397. The molecule has 5 nitrogen and oxygen atoms in total. The van der Waals surface area contributed by atoms with Gasteiger partial charge in [0, 0.05) is 0 Å². The van der Waals surface area contributed by atoms with E-state index in [1.807, 2.05) is 6.92 Å². The number of nitrogens with one attached hydrogen (secondary N) is 2. The van der Waals surface area contributed by atoms with Crippen molar-refractivity contribution in [2.24, 2.45) is 0 Å². The van der Waals surface area contributed by atoms with Gasteiger partial charge in [-0.25, -0.2) is 4.79 Å². The third kappa shape index (κ3) is 2.52. The summed E-state index contributed by atoms with van der Waals surface area (Å²) in [4.78, 5) is 23.6. The first-order valence-corrected chi connectivity index (χ1v) is 6.60. The maximum atomic E-state index is 12.1. The minimum absolute atomic E-state index is 0.302. The zero-order valence-electron chi connectivity index (χ0n) is 11.4. The molecule has 1 aliphatic rings. The van der Waals surface area contributed by atoms with Crippen molar-refractivity contribution in [2.45, 2.75) is 25.3 Å². The van der Waals surface area contributed by atoms with Crippen LogP contribution in [0.5, 0.6) is 5.75 Å². The summed E-state index contributed by atoms with van der Waals surface area (Å²) >= 11 is 0. The average molecular weight is 274 g/mol. The molecule has 106 valence electrons. The first-order chi connectivity index (χ1) is 9.62. The van der Waals surface area contributed by atoms with E-state index in [0.717, 1.165) is 12.0 Å². The van der Waals surface area contributed by atoms with Gasteiger partial charge < -0.3 is 10.1 Å². The summed E-state index contributed by atoms with van der Waals surface area (Å²) in [5, 5.41) is 5.05. The van der Waals surface area contributed by atoms with Gasteiger partial charge in [0.15, 0.2) is 0 Å². The molecule has 1 saturated heterocycles. The Hall–Kier alpha value is -2.30. The van der Waals surface area contributed by atoms with Gasteiger partial charge in [-0.05, 0) is 24.1 Å². The lowest BCUT2D eigenvalue weighted by molar-refractivity contribution is -0.124. The predicted octanol–water partition coefficient (Wildman–Crippen LogP) is 2.09. The second kappa shape index (κ2) is 5.77. The summed E-state index contributed by atoms with van der Waals surface area (Å²) in [6.45, 7) is 5.99. The van der Waals surface area contributed by atoms with E-state index in [1.54, 1.807) is 30.3 Å². The summed E-state index contributed by atoms with van der Waals surface area (Å²) in [6.07, 6.45) is 3.00. The molecule has 0 bridgehead atoms. The van der Waals surface area contributed by atoms with Gasteiger partial charge in [0.25, 0.3) is 5.91 Å². The zero-order valence-corrected chi connectivity index (χ0v) is 11.4. The van der Waals surface area contributed by atoms with Gasteiger partial charge in [-0.2, -0.15) is 0 Å². The number of hydrogen-bond acceptors (Lipinski definition) is 3. The van der Waals surface area contributed by atoms with E-state index >= 15 is 0 Å². The molecule has 3 amide bonds. The SMILES string of the molecule is C=CCOc1ccc(C2(CCC)NC(=O)NC2=O)cc1. The van der Waals surface area contributed by atoms with Gasteiger partial charge in [-0.1, -0.05) is 38.1 Å². The fourth-order valence-electron chi connectivity index (χ4n) is 2.38. The molecule has 1 unspecified atom stereocenters. The Morgan fingerprint density at radius 1 is 1.30 bits per heavy atom. The molecular weight excluding hydrogens is 256 g/mol. The third-order valence-electron chi connectivity index (χ3n) is 3.28. The lowest BCUT2D eigenvalue weighted by atomic mass is 9.85. The van der Waals surface area contributed by atoms with Crippen LogP contribution in [0, 0.1) is 0 Å². The van der Waals surface area contributed by atoms with Crippen molar-refractivity contribution in [3.8, 4) is 5.75 Å². The number of carbonyl (C=O) groups is 2. The van der Waals surface area contributed by atoms with Crippen LogP contribution in [0.3, 0.4) is 0 Å². The van der Waals surface area contributed by atoms with E-state index in [2.05, 4.69) is 17.2 Å². The van der Waals surface area contributed by atoms with Crippen LogP contribution in [0.25, 0.3) is 0 Å². The van der Waals surface area contributed by atoms with Gasteiger partial charge in [-0.15, -0.1) is 0 Å². The summed E-state index contributed by atoms with van der Waals surface area (Å²) in [6, 6.07) is 6.73. The molecule has 1 aliphatic heterocycles. The number of rotatable bonds is 6. The molecule has 0 saturated carbocycles. The maximum Gasteiger partial charge on any atom is 0.322 e. The Labute approximate surface area is 118 Å². The van der Waals surface area contributed by atoms with Gasteiger partial charge in [0.05, 0.1) is 0 Å². The van der Waals surface area contributed by atoms with E-state index in [1.165, 1.54) is 0 Å². The number of imide groups is 1. The first-order valence-electron chi connectivity index (χ1n) is 6.60. The van der Waals surface area contributed by atoms with E-state index in [-0.39, 0.29) is 5.91 Å².